The van der Waals surface area contributed by atoms with Crippen LogP contribution in [0, 0.1) is 11.3 Å². The van der Waals surface area contributed by atoms with Crippen molar-refractivity contribution in [2.45, 2.75) is 19.4 Å². The Hall–Kier alpha value is -3.40. The molecule has 26 heavy (non-hydrogen) atoms. The molecule has 1 aliphatic rings. The van der Waals surface area contributed by atoms with Gasteiger partial charge in [-0.15, -0.1) is 0 Å². The summed E-state index contributed by atoms with van der Waals surface area (Å²) in [5.41, 5.74) is 2.98. The Labute approximate surface area is 150 Å². The normalized spacial score (nSPS) is 16.6. The van der Waals surface area contributed by atoms with E-state index in [9.17, 15) is 10.1 Å². The van der Waals surface area contributed by atoms with E-state index < -0.39 is 0 Å². The standard InChI is InChI=1S/C19H17N5O2/c1-12(25)24-6-5-14(11-24)26-18-10-21-17(9-22-18)16-8-23-19-13(7-20)3-2-4-15(16)19/h2-4,8-10,14,23H,5-6,11H2,1H3. The fourth-order valence-corrected chi connectivity index (χ4v) is 3.26. The Balaban J connectivity index is 1.54. The van der Waals surface area contributed by atoms with Gasteiger partial charge in [-0.25, -0.2) is 9.97 Å². The molecule has 1 N–H and O–H groups in total. The third-order valence-corrected chi connectivity index (χ3v) is 4.62. The summed E-state index contributed by atoms with van der Waals surface area (Å²) in [6.45, 7) is 2.86. The second-order valence-corrected chi connectivity index (χ2v) is 6.28. The first kappa shape index (κ1) is 16.1. The minimum absolute atomic E-state index is 0.0506. The van der Waals surface area contributed by atoms with Gasteiger partial charge >= 0.3 is 0 Å². The number of carbonyl (C=O) groups excluding carboxylic acids is 1. The van der Waals surface area contributed by atoms with Crippen molar-refractivity contribution < 1.29 is 9.53 Å². The molecule has 1 aliphatic heterocycles. The highest BCUT2D eigenvalue weighted by Gasteiger charge is 2.26. The van der Waals surface area contributed by atoms with Gasteiger partial charge in [0.05, 0.1) is 35.7 Å². The van der Waals surface area contributed by atoms with Gasteiger partial charge in [0.1, 0.15) is 12.2 Å². The van der Waals surface area contributed by atoms with Gasteiger partial charge in [-0.05, 0) is 6.07 Å². The number of nitrogens with zero attached hydrogens (tertiary/aromatic N) is 4. The molecule has 0 spiro atoms. The number of aromatic nitrogens is 3. The Kier molecular flexibility index (Phi) is 4.01. The number of nitrogens with one attached hydrogen (secondary N) is 1. The summed E-state index contributed by atoms with van der Waals surface area (Å²) in [6.07, 6.45) is 5.83. The topological polar surface area (TPSA) is 94.9 Å². The highest BCUT2D eigenvalue weighted by molar-refractivity contribution is 5.97. The number of hydrogen-bond donors (Lipinski definition) is 1. The van der Waals surface area contributed by atoms with Crippen LogP contribution in [0.1, 0.15) is 18.9 Å². The Morgan fingerprint density at radius 1 is 1.38 bits per heavy atom. The third-order valence-electron chi connectivity index (χ3n) is 4.62. The summed E-state index contributed by atoms with van der Waals surface area (Å²) >= 11 is 0. The van der Waals surface area contributed by atoms with Crippen molar-refractivity contribution in [3.63, 3.8) is 0 Å². The maximum atomic E-state index is 11.4. The fourth-order valence-electron chi connectivity index (χ4n) is 3.26. The van der Waals surface area contributed by atoms with Gasteiger partial charge in [-0.1, -0.05) is 12.1 Å². The van der Waals surface area contributed by atoms with Gasteiger partial charge in [0.15, 0.2) is 0 Å². The summed E-state index contributed by atoms with van der Waals surface area (Å²) in [5.74, 6) is 0.510. The van der Waals surface area contributed by atoms with Crippen LogP contribution in [0.15, 0.2) is 36.8 Å². The third kappa shape index (κ3) is 2.86. The average Bonchev–Trinajstić information content (AvgIpc) is 3.29. The predicted molar refractivity (Wildman–Crippen MR) is 95.3 cm³/mol. The Morgan fingerprint density at radius 3 is 2.96 bits per heavy atom. The summed E-state index contributed by atoms with van der Waals surface area (Å²) in [6, 6.07) is 7.75. The highest BCUT2D eigenvalue weighted by Crippen LogP contribution is 2.29. The maximum Gasteiger partial charge on any atom is 0.232 e. The minimum Gasteiger partial charge on any atom is -0.471 e. The zero-order valence-electron chi connectivity index (χ0n) is 14.3. The van der Waals surface area contributed by atoms with E-state index in [0.717, 1.165) is 22.9 Å². The number of likely N-dealkylation sites (tertiary alicyclic amines) is 1. The van der Waals surface area contributed by atoms with Crippen molar-refractivity contribution >= 4 is 16.8 Å². The van der Waals surface area contributed by atoms with Crippen LogP contribution in [0.4, 0.5) is 0 Å². The second-order valence-electron chi connectivity index (χ2n) is 6.28. The SMILES string of the molecule is CC(=O)N1CCC(Oc2cnc(-c3c[nH]c4c(C#N)cccc34)cn2)C1. The number of carbonyl (C=O) groups is 1. The van der Waals surface area contributed by atoms with Crippen LogP contribution in [0.2, 0.25) is 0 Å². The fraction of sp³-hybridized carbons (Fsp3) is 0.263. The minimum atomic E-state index is -0.0506. The van der Waals surface area contributed by atoms with Crippen molar-refractivity contribution in [2.75, 3.05) is 13.1 Å². The van der Waals surface area contributed by atoms with E-state index in [1.54, 1.807) is 30.3 Å². The number of rotatable bonds is 3. The molecule has 0 saturated carbocycles. The highest BCUT2D eigenvalue weighted by atomic mass is 16.5. The zero-order chi connectivity index (χ0) is 18.1. The maximum absolute atomic E-state index is 11.4. The van der Waals surface area contributed by atoms with Crippen LogP contribution in [0.3, 0.4) is 0 Å². The number of H-pyrrole nitrogens is 1. The van der Waals surface area contributed by atoms with E-state index in [1.165, 1.54) is 0 Å². The lowest BCUT2D eigenvalue weighted by Gasteiger charge is -2.14. The molecule has 1 aromatic carbocycles. The Bertz CT molecular complexity index is 1000. The number of benzene rings is 1. The van der Waals surface area contributed by atoms with Gasteiger partial charge in [0, 0.05) is 37.0 Å². The van der Waals surface area contributed by atoms with Gasteiger partial charge in [-0.3, -0.25) is 4.79 Å². The van der Waals surface area contributed by atoms with E-state index in [2.05, 4.69) is 21.0 Å². The molecule has 7 heteroatoms. The Morgan fingerprint density at radius 2 is 2.27 bits per heavy atom. The first-order chi connectivity index (χ1) is 12.7. The quantitative estimate of drug-likeness (QED) is 0.785. The van der Waals surface area contributed by atoms with E-state index in [1.807, 2.05) is 18.3 Å². The van der Waals surface area contributed by atoms with Crippen LogP contribution < -0.4 is 4.74 Å². The van der Waals surface area contributed by atoms with E-state index in [4.69, 9.17) is 4.74 Å². The summed E-state index contributed by atoms with van der Waals surface area (Å²) in [4.78, 5) is 25.1. The van der Waals surface area contributed by atoms with Gasteiger partial charge in [0.25, 0.3) is 0 Å². The van der Waals surface area contributed by atoms with Crippen molar-refractivity contribution in [1.29, 1.82) is 5.26 Å². The van der Waals surface area contributed by atoms with Crippen LogP contribution in [-0.4, -0.2) is 45.0 Å². The summed E-state index contributed by atoms with van der Waals surface area (Å²) < 4.78 is 5.83. The van der Waals surface area contributed by atoms with E-state index >= 15 is 0 Å². The molecule has 7 nitrogen and oxygen atoms in total. The number of amides is 1. The zero-order valence-corrected chi connectivity index (χ0v) is 14.3. The molecule has 1 amide bonds. The van der Waals surface area contributed by atoms with Crippen LogP contribution in [0.5, 0.6) is 5.88 Å². The number of para-hydroxylation sites is 1. The molecule has 0 radical (unpaired) electrons. The number of ether oxygens (including phenoxy) is 1. The van der Waals surface area contributed by atoms with Crippen molar-refractivity contribution in [1.82, 2.24) is 19.9 Å². The largest absolute Gasteiger partial charge is 0.471 e. The lowest BCUT2D eigenvalue weighted by molar-refractivity contribution is -0.128. The van der Waals surface area contributed by atoms with Gasteiger partial charge in [-0.2, -0.15) is 5.26 Å². The first-order valence-electron chi connectivity index (χ1n) is 8.40. The molecule has 1 atom stereocenters. The van der Waals surface area contributed by atoms with Crippen LogP contribution in [-0.2, 0) is 4.79 Å². The number of hydrogen-bond acceptors (Lipinski definition) is 5. The van der Waals surface area contributed by atoms with Crippen molar-refractivity contribution in [3.8, 4) is 23.2 Å². The lowest BCUT2D eigenvalue weighted by Crippen LogP contribution is -2.28. The number of fused-ring (bicyclic) bond motifs is 1. The first-order valence-corrected chi connectivity index (χ1v) is 8.40. The summed E-state index contributed by atoms with van der Waals surface area (Å²) in [5, 5.41) is 10.1. The second kappa shape index (κ2) is 6.48. The van der Waals surface area contributed by atoms with Crippen molar-refractivity contribution in [2.24, 2.45) is 0 Å². The molecule has 1 saturated heterocycles. The van der Waals surface area contributed by atoms with Crippen LogP contribution >= 0.6 is 0 Å². The lowest BCUT2D eigenvalue weighted by atomic mass is 10.1. The van der Waals surface area contributed by atoms with Crippen molar-refractivity contribution in [3.05, 3.63) is 42.4 Å². The molecule has 4 rings (SSSR count). The van der Waals surface area contributed by atoms with Crippen LogP contribution in [0.25, 0.3) is 22.2 Å². The molecule has 0 aliphatic carbocycles. The molecule has 0 bridgehead atoms. The number of aromatic amines is 1. The molecule has 3 aromatic rings. The monoisotopic (exact) mass is 347 g/mol. The molecule has 130 valence electrons. The molecule has 2 aromatic heterocycles. The summed E-state index contributed by atoms with van der Waals surface area (Å²) in [7, 11) is 0. The van der Waals surface area contributed by atoms with Gasteiger partial charge < -0.3 is 14.6 Å². The molecular formula is C19H17N5O2. The van der Waals surface area contributed by atoms with E-state index in [-0.39, 0.29) is 12.0 Å². The number of nitriles is 1. The molecule has 3 heterocycles. The molecule has 1 fully saturated rings. The molecule has 1 unspecified atom stereocenters. The van der Waals surface area contributed by atoms with E-state index in [0.29, 0.717) is 30.2 Å². The molecular weight excluding hydrogens is 330 g/mol. The van der Waals surface area contributed by atoms with Gasteiger partial charge in [0.2, 0.25) is 11.8 Å². The predicted octanol–water partition coefficient (Wildman–Crippen LogP) is 2.50. The average molecular weight is 347 g/mol. The smallest absolute Gasteiger partial charge is 0.232 e.